The lowest BCUT2D eigenvalue weighted by Gasteiger charge is -2.19. The van der Waals surface area contributed by atoms with Crippen molar-refractivity contribution in [3.8, 4) is 0 Å². The van der Waals surface area contributed by atoms with Gasteiger partial charge >= 0.3 is 11.9 Å². The van der Waals surface area contributed by atoms with Crippen LogP contribution in [0.25, 0.3) is 0 Å². The van der Waals surface area contributed by atoms with E-state index in [4.69, 9.17) is 47.4 Å². The van der Waals surface area contributed by atoms with Crippen LogP contribution in [0.3, 0.4) is 0 Å². The molecule has 0 amide bonds. The van der Waals surface area contributed by atoms with E-state index in [2.05, 4.69) is 6.92 Å². The fourth-order valence-electron chi connectivity index (χ4n) is 4.64. The summed E-state index contributed by atoms with van der Waals surface area (Å²) in [6, 6.07) is 0. The highest BCUT2D eigenvalue weighted by atomic mass is 16.6. The summed E-state index contributed by atoms with van der Waals surface area (Å²) >= 11 is 0. The van der Waals surface area contributed by atoms with E-state index in [9.17, 15) is 9.59 Å². The van der Waals surface area contributed by atoms with E-state index in [-0.39, 0.29) is 25.2 Å². The first-order valence-electron chi connectivity index (χ1n) is 19.3. The zero-order valence-corrected chi connectivity index (χ0v) is 32.3. The van der Waals surface area contributed by atoms with Gasteiger partial charge in [0.15, 0.2) is 0 Å². The fraction of sp³-hybridized carbons (Fsp3) is 0.947. The molecule has 0 atom stereocenters. The normalized spacial score (nSPS) is 11.7. The minimum absolute atomic E-state index is 0.0835. The number of unbranched alkanes of at least 4 members (excludes halogenated alkanes) is 12. The molecule has 0 spiro atoms. The zero-order chi connectivity index (χ0) is 36.6. The van der Waals surface area contributed by atoms with E-state index >= 15 is 0 Å². The number of ether oxygens (including phenoxy) is 10. The number of hydrogen-bond acceptors (Lipinski definition) is 12. The van der Waals surface area contributed by atoms with E-state index in [1.54, 1.807) is 0 Å². The first kappa shape index (κ1) is 48.6. The number of hydrogen-bond donors (Lipinski definition) is 0. The molecule has 0 saturated heterocycles. The van der Waals surface area contributed by atoms with Crippen LogP contribution < -0.4 is 0 Å². The average molecular weight is 723 g/mol. The molecule has 0 aromatic heterocycles. The van der Waals surface area contributed by atoms with Gasteiger partial charge < -0.3 is 47.4 Å². The summed E-state index contributed by atoms with van der Waals surface area (Å²) in [5.41, 5.74) is -0.512. The Hall–Kier alpha value is -1.38. The van der Waals surface area contributed by atoms with E-state index in [1.165, 1.54) is 70.6 Å². The van der Waals surface area contributed by atoms with Gasteiger partial charge in [-0.1, -0.05) is 84.0 Å². The summed E-state index contributed by atoms with van der Waals surface area (Å²) in [6.45, 7) is 14.6. The summed E-state index contributed by atoms with van der Waals surface area (Å²) in [4.78, 5) is 23.4. The van der Waals surface area contributed by atoms with Gasteiger partial charge in [-0.2, -0.15) is 0 Å². The smallest absolute Gasteiger partial charge is 0.332 e. The summed E-state index contributed by atoms with van der Waals surface area (Å²) in [7, 11) is 0. The van der Waals surface area contributed by atoms with Crippen molar-refractivity contribution in [2.24, 2.45) is 0 Å². The van der Waals surface area contributed by atoms with E-state index < -0.39 is 5.60 Å². The third-order valence-corrected chi connectivity index (χ3v) is 7.22. The molecule has 0 saturated carbocycles. The van der Waals surface area contributed by atoms with Crippen LogP contribution in [0.1, 0.15) is 118 Å². The molecule has 0 rings (SSSR count). The lowest BCUT2D eigenvalue weighted by atomic mass is 10.0. The van der Waals surface area contributed by atoms with Crippen molar-refractivity contribution in [1.29, 1.82) is 0 Å². The molecule has 0 aliphatic heterocycles. The zero-order valence-electron chi connectivity index (χ0n) is 32.3. The average Bonchev–Trinajstić information content (AvgIpc) is 3.07. The summed E-state index contributed by atoms with van der Waals surface area (Å²) < 4.78 is 53.8. The first-order chi connectivity index (χ1) is 24.3. The van der Waals surface area contributed by atoms with E-state index in [0.717, 1.165) is 12.8 Å². The number of esters is 2. The Bertz CT molecular complexity index is 716. The molecular weight excluding hydrogens is 648 g/mol. The third-order valence-electron chi connectivity index (χ3n) is 7.22. The van der Waals surface area contributed by atoms with Crippen LogP contribution in [0.15, 0.2) is 0 Å². The number of carbonyl (C=O) groups excluding carboxylic acids is 2. The van der Waals surface area contributed by atoms with Crippen LogP contribution >= 0.6 is 0 Å². The number of rotatable bonds is 40. The standard InChI is InChI=1S/C38H74O12/c1-5-6-7-8-9-10-11-12-13-14-15-16-17-18-36(39)49-34-33-47-30-29-45-26-25-43-22-21-41-19-20-42-23-24-44-27-28-46-31-32-48-35-37(40)50-38(2,3)4/h5-35H2,1-4H3. The molecule has 298 valence electrons. The van der Waals surface area contributed by atoms with Crippen molar-refractivity contribution in [1.82, 2.24) is 0 Å². The highest BCUT2D eigenvalue weighted by Crippen LogP contribution is 2.13. The van der Waals surface area contributed by atoms with Crippen LogP contribution in [-0.4, -0.2) is 130 Å². The van der Waals surface area contributed by atoms with Crippen molar-refractivity contribution in [3.63, 3.8) is 0 Å². The van der Waals surface area contributed by atoms with E-state index in [0.29, 0.717) is 106 Å². The maximum atomic E-state index is 11.9. The lowest BCUT2D eigenvalue weighted by Crippen LogP contribution is -2.27. The van der Waals surface area contributed by atoms with Gasteiger partial charge in [0.25, 0.3) is 0 Å². The maximum absolute atomic E-state index is 11.9. The van der Waals surface area contributed by atoms with Crippen molar-refractivity contribution < 1.29 is 57.0 Å². The minimum atomic E-state index is -0.512. The molecule has 0 N–H and O–H groups in total. The molecule has 0 aromatic carbocycles. The maximum Gasteiger partial charge on any atom is 0.332 e. The van der Waals surface area contributed by atoms with Gasteiger partial charge in [0.1, 0.15) is 18.8 Å². The molecule has 0 aliphatic rings. The molecule has 12 nitrogen and oxygen atoms in total. The van der Waals surface area contributed by atoms with Gasteiger partial charge in [-0.25, -0.2) is 4.79 Å². The first-order valence-corrected chi connectivity index (χ1v) is 19.3. The summed E-state index contributed by atoms with van der Waals surface area (Å²) in [5, 5.41) is 0. The SMILES string of the molecule is CCCCCCCCCCCCCCCC(=O)OCCOCCOCCOCCOCCOCCOCCOCCOCC(=O)OC(C)(C)C. The molecule has 50 heavy (non-hydrogen) atoms. The molecular formula is C38H74O12. The predicted molar refractivity (Wildman–Crippen MR) is 194 cm³/mol. The van der Waals surface area contributed by atoms with Crippen molar-refractivity contribution in [2.45, 2.75) is 123 Å². The van der Waals surface area contributed by atoms with Gasteiger partial charge in [0.05, 0.1) is 99.1 Å². The quantitative estimate of drug-likeness (QED) is 0.0507. The predicted octanol–water partition coefficient (Wildman–Crippen LogP) is 6.49. The molecule has 0 aromatic rings. The summed E-state index contributed by atoms with van der Waals surface area (Å²) in [5.74, 6) is -0.522. The monoisotopic (exact) mass is 723 g/mol. The second kappa shape index (κ2) is 38.8. The Morgan fingerprint density at radius 1 is 0.380 bits per heavy atom. The van der Waals surface area contributed by atoms with Crippen LogP contribution in [0.2, 0.25) is 0 Å². The minimum Gasteiger partial charge on any atom is -0.463 e. The van der Waals surface area contributed by atoms with Gasteiger partial charge in [-0.05, 0) is 27.2 Å². The van der Waals surface area contributed by atoms with Gasteiger partial charge in [0, 0.05) is 6.42 Å². The highest BCUT2D eigenvalue weighted by Gasteiger charge is 2.15. The van der Waals surface area contributed by atoms with Gasteiger partial charge in [0.2, 0.25) is 0 Å². The second-order valence-electron chi connectivity index (χ2n) is 13.1. The molecule has 0 heterocycles. The second-order valence-corrected chi connectivity index (χ2v) is 13.1. The Morgan fingerprint density at radius 2 is 0.680 bits per heavy atom. The molecule has 0 fully saturated rings. The Morgan fingerprint density at radius 3 is 1.02 bits per heavy atom. The molecule has 0 radical (unpaired) electrons. The molecule has 0 unspecified atom stereocenters. The Labute approximate surface area is 304 Å². The number of carbonyl (C=O) groups is 2. The Balaban J connectivity index is 3.17. The molecule has 0 bridgehead atoms. The summed E-state index contributed by atoms with van der Waals surface area (Å²) in [6.07, 6.45) is 17.3. The Kier molecular flexibility index (Phi) is 37.8. The van der Waals surface area contributed by atoms with Crippen LogP contribution in [0.4, 0.5) is 0 Å². The van der Waals surface area contributed by atoms with Crippen LogP contribution in [0, 0.1) is 0 Å². The van der Waals surface area contributed by atoms with Crippen molar-refractivity contribution in [3.05, 3.63) is 0 Å². The molecule has 12 heteroatoms. The van der Waals surface area contributed by atoms with Crippen LogP contribution in [-0.2, 0) is 57.0 Å². The van der Waals surface area contributed by atoms with Crippen molar-refractivity contribution >= 4 is 11.9 Å². The molecule has 0 aliphatic carbocycles. The van der Waals surface area contributed by atoms with Crippen LogP contribution in [0.5, 0.6) is 0 Å². The van der Waals surface area contributed by atoms with Gasteiger partial charge in [-0.15, -0.1) is 0 Å². The fourth-order valence-corrected chi connectivity index (χ4v) is 4.64. The topological polar surface area (TPSA) is 126 Å². The van der Waals surface area contributed by atoms with E-state index in [1.807, 2.05) is 20.8 Å². The largest absolute Gasteiger partial charge is 0.463 e. The van der Waals surface area contributed by atoms with Crippen molar-refractivity contribution in [2.75, 3.05) is 112 Å². The third kappa shape index (κ3) is 42.8. The lowest BCUT2D eigenvalue weighted by molar-refractivity contribution is -0.160. The van der Waals surface area contributed by atoms with Gasteiger partial charge in [-0.3, -0.25) is 4.79 Å². The highest BCUT2D eigenvalue weighted by molar-refractivity contribution is 5.71.